The Morgan fingerprint density at radius 3 is 2.57 bits per heavy atom. The van der Waals surface area contributed by atoms with Gasteiger partial charge in [0, 0.05) is 12.6 Å². The molecule has 112 valence electrons. The number of hydrogen-bond acceptors (Lipinski definition) is 3. The monoisotopic (exact) mass is 284 g/mol. The van der Waals surface area contributed by atoms with Gasteiger partial charge < -0.3 is 15.8 Å². The zero-order valence-corrected chi connectivity index (χ0v) is 12.6. The number of hydrogen-bond donors (Lipinski definition) is 2. The summed E-state index contributed by atoms with van der Waals surface area (Å²) in [7, 11) is 1.69. The molecule has 1 atom stereocenters. The van der Waals surface area contributed by atoms with Crippen LogP contribution in [-0.4, -0.2) is 19.7 Å². The van der Waals surface area contributed by atoms with Gasteiger partial charge in [-0.1, -0.05) is 42.5 Å². The van der Waals surface area contributed by atoms with Crippen LogP contribution in [0.25, 0.3) is 0 Å². The highest BCUT2D eigenvalue weighted by Crippen LogP contribution is 2.12. The molecule has 3 N–H and O–H groups in total. The predicted molar refractivity (Wildman–Crippen MR) is 87.4 cm³/mol. The summed E-state index contributed by atoms with van der Waals surface area (Å²) in [5.41, 5.74) is 8.70. The smallest absolute Gasteiger partial charge is 0.119 e. The molecule has 0 bridgehead atoms. The molecule has 0 heterocycles. The minimum absolute atomic E-state index is 0.199. The molecule has 0 unspecified atom stereocenters. The fourth-order valence-corrected chi connectivity index (χ4v) is 2.32. The van der Waals surface area contributed by atoms with Gasteiger partial charge in [0.2, 0.25) is 0 Å². The van der Waals surface area contributed by atoms with Gasteiger partial charge in [-0.15, -0.1) is 0 Å². The van der Waals surface area contributed by atoms with Crippen molar-refractivity contribution in [1.29, 1.82) is 0 Å². The topological polar surface area (TPSA) is 47.3 Å². The molecule has 0 aromatic heterocycles. The number of rotatable bonds is 8. The molecule has 2 rings (SSSR count). The van der Waals surface area contributed by atoms with E-state index < -0.39 is 0 Å². The number of nitrogens with two attached hydrogens (primary N) is 1. The minimum Gasteiger partial charge on any atom is -0.497 e. The van der Waals surface area contributed by atoms with E-state index in [0.717, 1.165) is 31.7 Å². The number of methoxy groups -OCH3 is 1. The SMILES string of the molecule is COc1cccc(CNCC[C@@H](N)Cc2ccccc2)c1. The lowest BCUT2D eigenvalue weighted by Crippen LogP contribution is -2.28. The first-order valence-electron chi connectivity index (χ1n) is 7.41. The Hall–Kier alpha value is -1.84. The number of nitrogens with one attached hydrogen (secondary N) is 1. The van der Waals surface area contributed by atoms with Crippen molar-refractivity contribution in [2.24, 2.45) is 5.73 Å². The quantitative estimate of drug-likeness (QED) is 0.733. The number of ether oxygens (including phenoxy) is 1. The Bertz CT molecular complexity index is 528. The largest absolute Gasteiger partial charge is 0.497 e. The van der Waals surface area contributed by atoms with Gasteiger partial charge in [-0.25, -0.2) is 0 Å². The average Bonchev–Trinajstić information content (AvgIpc) is 2.53. The van der Waals surface area contributed by atoms with Gasteiger partial charge in [0.15, 0.2) is 0 Å². The van der Waals surface area contributed by atoms with Crippen molar-refractivity contribution < 1.29 is 4.74 Å². The van der Waals surface area contributed by atoms with E-state index in [1.54, 1.807) is 7.11 Å². The van der Waals surface area contributed by atoms with Crippen LogP contribution in [0, 0.1) is 0 Å². The first kappa shape index (κ1) is 15.5. The highest BCUT2D eigenvalue weighted by molar-refractivity contribution is 5.28. The second-order valence-electron chi connectivity index (χ2n) is 5.27. The first-order chi connectivity index (χ1) is 10.3. The molecule has 0 saturated heterocycles. The second kappa shape index (κ2) is 8.45. The van der Waals surface area contributed by atoms with E-state index >= 15 is 0 Å². The zero-order chi connectivity index (χ0) is 14.9. The van der Waals surface area contributed by atoms with Gasteiger partial charge in [-0.05, 0) is 42.6 Å². The summed E-state index contributed by atoms with van der Waals surface area (Å²) in [5, 5.41) is 3.43. The van der Waals surface area contributed by atoms with E-state index in [9.17, 15) is 0 Å². The summed E-state index contributed by atoms with van der Waals surface area (Å²) in [6.07, 6.45) is 1.90. The maximum Gasteiger partial charge on any atom is 0.119 e. The summed E-state index contributed by atoms with van der Waals surface area (Å²) < 4.78 is 5.22. The van der Waals surface area contributed by atoms with Gasteiger partial charge in [0.1, 0.15) is 5.75 Å². The van der Waals surface area contributed by atoms with Gasteiger partial charge in [-0.3, -0.25) is 0 Å². The number of benzene rings is 2. The summed E-state index contributed by atoms with van der Waals surface area (Å²) in [5.74, 6) is 0.898. The third-order valence-corrected chi connectivity index (χ3v) is 3.50. The minimum atomic E-state index is 0.199. The van der Waals surface area contributed by atoms with Crippen LogP contribution >= 0.6 is 0 Å². The van der Waals surface area contributed by atoms with Crippen molar-refractivity contribution in [2.75, 3.05) is 13.7 Å². The molecule has 2 aromatic rings. The Labute approximate surface area is 127 Å². The molecule has 0 spiro atoms. The van der Waals surface area contributed by atoms with Crippen molar-refractivity contribution in [2.45, 2.75) is 25.4 Å². The Morgan fingerprint density at radius 2 is 1.81 bits per heavy atom. The van der Waals surface area contributed by atoms with Gasteiger partial charge >= 0.3 is 0 Å². The Kier molecular flexibility index (Phi) is 6.25. The van der Waals surface area contributed by atoms with Crippen LogP contribution in [0.5, 0.6) is 5.75 Å². The predicted octanol–water partition coefficient (Wildman–Crippen LogP) is 2.74. The summed E-state index contributed by atoms with van der Waals surface area (Å²) in [6.45, 7) is 1.76. The highest BCUT2D eigenvalue weighted by Gasteiger charge is 2.03. The molecular weight excluding hydrogens is 260 g/mol. The Balaban J connectivity index is 1.67. The lowest BCUT2D eigenvalue weighted by atomic mass is 10.0. The molecule has 0 aliphatic rings. The van der Waals surface area contributed by atoms with E-state index in [2.05, 4.69) is 41.7 Å². The summed E-state index contributed by atoms with van der Waals surface area (Å²) in [4.78, 5) is 0. The maximum atomic E-state index is 6.17. The normalized spacial score (nSPS) is 12.1. The van der Waals surface area contributed by atoms with Gasteiger partial charge in [0.05, 0.1) is 7.11 Å². The van der Waals surface area contributed by atoms with Crippen molar-refractivity contribution in [3.63, 3.8) is 0 Å². The van der Waals surface area contributed by atoms with E-state index in [4.69, 9.17) is 10.5 Å². The molecular formula is C18H24N2O. The van der Waals surface area contributed by atoms with Crippen LogP contribution in [0.1, 0.15) is 17.5 Å². The zero-order valence-electron chi connectivity index (χ0n) is 12.6. The molecule has 21 heavy (non-hydrogen) atoms. The molecule has 0 fully saturated rings. The van der Waals surface area contributed by atoms with Crippen LogP contribution < -0.4 is 15.8 Å². The van der Waals surface area contributed by atoms with E-state index in [-0.39, 0.29) is 6.04 Å². The van der Waals surface area contributed by atoms with E-state index in [1.165, 1.54) is 11.1 Å². The Morgan fingerprint density at radius 1 is 1.05 bits per heavy atom. The van der Waals surface area contributed by atoms with Crippen LogP contribution in [-0.2, 0) is 13.0 Å². The van der Waals surface area contributed by atoms with Crippen LogP contribution in [0.3, 0.4) is 0 Å². The van der Waals surface area contributed by atoms with Crippen molar-refractivity contribution in [3.8, 4) is 5.75 Å². The van der Waals surface area contributed by atoms with Crippen molar-refractivity contribution in [3.05, 3.63) is 65.7 Å². The second-order valence-corrected chi connectivity index (χ2v) is 5.27. The lowest BCUT2D eigenvalue weighted by molar-refractivity contribution is 0.414. The molecule has 0 aliphatic carbocycles. The summed E-state index contributed by atoms with van der Waals surface area (Å²) in [6, 6.07) is 18.7. The standard InChI is InChI=1S/C18H24N2O/c1-21-18-9-5-8-16(13-18)14-20-11-10-17(19)12-15-6-3-2-4-7-15/h2-9,13,17,20H,10-12,14,19H2,1H3/t17-/m1/s1. The average molecular weight is 284 g/mol. The van der Waals surface area contributed by atoms with Crippen molar-refractivity contribution >= 4 is 0 Å². The summed E-state index contributed by atoms with van der Waals surface area (Å²) >= 11 is 0. The van der Waals surface area contributed by atoms with E-state index in [1.807, 2.05) is 18.2 Å². The van der Waals surface area contributed by atoms with Crippen LogP contribution in [0.15, 0.2) is 54.6 Å². The highest BCUT2D eigenvalue weighted by atomic mass is 16.5. The van der Waals surface area contributed by atoms with Gasteiger partial charge in [-0.2, -0.15) is 0 Å². The molecule has 3 heteroatoms. The fourth-order valence-electron chi connectivity index (χ4n) is 2.32. The molecule has 3 nitrogen and oxygen atoms in total. The molecule has 0 aliphatic heterocycles. The third kappa shape index (κ3) is 5.58. The van der Waals surface area contributed by atoms with Crippen molar-refractivity contribution in [1.82, 2.24) is 5.32 Å². The first-order valence-corrected chi connectivity index (χ1v) is 7.41. The maximum absolute atomic E-state index is 6.17. The van der Waals surface area contributed by atoms with E-state index in [0.29, 0.717) is 0 Å². The molecule has 2 aromatic carbocycles. The molecule has 0 amide bonds. The third-order valence-electron chi connectivity index (χ3n) is 3.50. The fraction of sp³-hybridized carbons (Fsp3) is 0.333. The van der Waals surface area contributed by atoms with Crippen LogP contribution in [0.4, 0.5) is 0 Å². The molecule has 0 radical (unpaired) electrons. The molecule has 0 saturated carbocycles. The lowest BCUT2D eigenvalue weighted by Gasteiger charge is -2.12. The van der Waals surface area contributed by atoms with Gasteiger partial charge in [0.25, 0.3) is 0 Å². The van der Waals surface area contributed by atoms with Crippen LogP contribution in [0.2, 0.25) is 0 Å².